The molecule has 3 nitrogen and oxygen atoms in total. The van der Waals surface area contributed by atoms with Crippen molar-refractivity contribution >= 4 is 11.8 Å². The van der Waals surface area contributed by atoms with E-state index in [1.165, 1.54) is 17.6 Å². The van der Waals surface area contributed by atoms with Crippen LogP contribution in [0, 0.1) is 28.1 Å². The number of carboxylic acids is 1. The van der Waals surface area contributed by atoms with Gasteiger partial charge in [0.2, 0.25) is 0 Å². The summed E-state index contributed by atoms with van der Waals surface area (Å²) in [5.74, 6) is 0.588. The van der Waals surface area contributed by atoms with Crippen molar-refractivity contribution < 1.29 is 14.7 Å². The lowest BCUT2D eigenvalue weighted by Crippen LogP contribution is -2.45. The highest BCUT2D eigenvalue weighted by Crippen LogP contribution is 2.67. The zero-order valence-electron chi connectivity index (χ0n) is 16.2. The summed E-state index contributed by atoms with van der Waals surface area (Å²) < 4.78 is 0. The Kier molecular flexibility index (Phi) is 3.88. The lowest BCUT2D eigenvalue weighted by Gasteiger charge is -2.53. The fourth-order valence-electron chi connectivity index (χ4n) is 6.47. The molecule has 0 aromatic rings. The smallest absolute Gasteiger partial charge is 0.303 e. The van der Waals surface area contributed by atoms with E-state index in [1.807, 2.05) is 6.08 Å². The topological polar surface area (TPSA) is 54.4 Å². The van der Waals surface area contributed by atoms with Gasteiger partial charge in [0, 0.05) is 24.2 Å². The molecule has 5 atom stereocenters. The summed E-state index contributed by atoms with van der Waals surface area (Å²) in [6.07, 6.45) is 14.8. The number of allylic oxidation sites excluding steroid dienone is 6. The number of ketones is 1. The molecular weight excluding hydrogens is 324 g/mol. The number of hydrogen-bond acceptors (Lipinski definition) is 2. The van der Waals surface area contributed by atoms with Gasteiger partial charge in [-0.2, -0.15) is 0 Å². The predicted molar refractivity (Wildman–Crippen MR) is 102 cm³/mol. The van der Waals surface area contributed by atoms with Crippen LogP contribution in [0.5, 0.6) is 0 Å². The third kappa shape index (κ3) is 2.32. The quantitative estimate of drug-likeness (QED) is 0.719. The number of carbonyl (C=O) groups excluding carboxylic acids is 1. The summed E-state index contributed by atoms with van der Waals surface area (Å²) in [5, 5.41) is 9.18. The molecule has 3 heteroatoms. The van der Waals surface area contributed by atoms with Crippen molar-refractivity contribution in [1.29, 1.82) is 0 Å². The first-order valence-electron chi connectivity index (χ1n) is 10.1. The highest BCUT2D eigenvalue weighted by atomic mass is 16.4. The third-order valence-corrected chi connectivity index (χ3v) is 8.58. The Balaban J connectivity index is 1.70. The molecular formula is C23H30O3. The molecule has 1 saturated carbocycles. The number of aliphatic carboxylic acids is 1. The van der Waals surface area contributed by atoms with Crippen LogP contribution in [0.1, 0.15) is 65.7 Å². The number of rotatable bonds is 3. The van der Waals surface area contributed by atoms with Gasteiger partial charge in [-0.15, -0.1) is 0 Å². The summed E-state index contributed by atoms with van der Waals surface area (Å²) in [5.41, 5.74) is 2.96. The largest absolute Gasteiger partial charge is 0.481 e. The van der Waals surface area contributed by atoms with Crippen molar-refractivity contribution in [2.45, 2.75) is 65.7 Å². The van der Waals surface area contributed by atoms with Crippen LogP contribution >= 0.6 is 0 Å². The summed E-state index contributed by atoms with van der Waals surface area (Å²) >= 11 is 0. The second-order valence-electron chi connectivity index (χ2n) is 9.66. The average molecular weight is 354 g/mol. The fourth-order valence-corrected chi connectivity index (χ4v) is 6.47. The third-order valence-electron chi connectivity index (χ3n) is 8.58. The lowest BCUT2D eigenvalue weighted by molar-refractivity contribution is -0.138. The Labute approximate surface area is 156 Å². The van der Waals surface area contributed by atoms with Gasteiger partial charge in [0.05, 0.1) is 0 Å². The van der Waals surface area contributed by atoms with Gasteiger partial charge < -0.3 is 5.11 Å². The van der Waals surface area contributed by atoms with E-state index in [0.717, 1.165) is 25.7 Å². The van der Waals surface area contributed by atoms with Crippen LogP contribution in [-0.2, 0) is 9.59 Å². The number of carboxylic acid groups (broad SMARTS) is 1. The molecule has 140 valence electrons. The van der Waals surface area contributed by atoms with Crippen LogP contribution in [0.4, 0.5) is 0 Å². The minimum absolute atomic E-state index is 0.00864. The van der Waals surface area contributed by atoms with E-state index in [0.29, 0.717) is 18.3 Å². The van der Waals surface area contributed by atoms with Gasteiger partial charge in [0.1, 0.15) is 0 Å². The van der Waals surface area contributed by atoms with Gasteiger partial charge in [-0.25, -0.2) is 0 Å². The van der Waals surface area contributed by atoms with Gasteiger partial charge in [0.15, 0.2) is 5.78 Å². The summed E-state index contributed by atoms with van der Waals surface area (Å²) in [7, 11) is 0. The minimum Gasteiger partial charge on any atom is -0.481 e. The summed E-state index contributed by atoms with van der Waals surface area (Å²) in [6, 6.07) is 0. The van der Waals surface area contributed by atoms with Crippen LogP contribution in [0.2, 0.25) is 0 Å². The maximum absolute atomic E-state index is 11.9. The van der Waals surface area contributed by atoms with E-state index in [2.05, 4.69) is 39.0 Å². The van der Waals surface area contributed by atoms with Gasteiger partial charge in [-0.1, -0.05) is 44.6 Å². The minimum atomic E-state index is -0.683. The van der Waals surface area contributed by atoms with Crippen molar-refractivity contribution in [2.24, 2.45) is 28.1 Å². The Hall–Kier alpha value is -1.64. The maximum Gasteiger partial charge on any atom is 0.303 e. The van der Waals surface area contributed by atoms with Crippen molar-refractivity contribution in [2.75, 3.05) is 0 Å². The molecule has 0 spiro atoms. The van der Waals surface area contributed by atoms with E-state index in [9.17, 15) is 14.7 Å². The standard InChI is InChI=1S/C23H30O3/c1-21(11-9-20(25)26)10-7-19-17-5-4-15-14-16(24)6-12-22(15,2)18(17)8-13-23(19,21)3/h4-5,8,14,17,19H,6-7,9-13H2,1-3H3,(H,25,26)/t17?,19?,21-,22-,23-/m0/s1. The lowest BCUT2D eigenvalue weighted by atomic mass is 9.50. The second kappa shape index (κ2) is 5.68. The first kappa shape index (κ1) is 17.8. The van der Waals surface area contributed by atoms with Gasteiger partial charge in [-0.05, 0) is 60.5 Å². The zero-order chi connectivity index (χ0) is 18.7. The van der Waals surface area contributed by atoms with Crippen molar-refractivity contribution in [3.63, 3.8) is 0 Å². The molecule has 1 N–H and O–H groups in total. The molecule has 0 amide bonds. The molecule has 1 fully saturated rings. The molecule has 2 unspecified atom stereocenters. The highest BCUT2D eigenvalue weighted by molar-refractivity contribution is 5.92. The zero-order valence-corrected chi connectivity index (χ0v) is 16.2. The number of fused-ring (bicyclic) bond motifs is 5. The molecule has 0 aromatic carbocycles. The Morgan fingerprint density at radius 1 is 1.27 bits per heavy atom. The summed E-state index contributed by atoms with van der Waals surface area (Å²) in [6.45, 7) is 7.02. The normalized spacial score (nSPS) is 43.9. The SMILES string of the molecule is C[C@]12CCC(=O)C=C1C=CC1C2=CC[C@@]2(C)C1CC[C@@]2(C)CCC(=O)O. The maximum atomic E-state index is 11.9. The van der Waals surface area contributed by atoms with Crippen molar-refractivity contribution in [1.82, 2.24) is 0 Å². The first-order chi connectivity index (χ1) is 12.2. The second-order valence-corrected chi connectivity index (χ2v) is 9.66. The molecule has 0 heterocycles. The molecule has 0 aliphatic heterocycles. The van der Waals surface area contributed by atoms with Gasteiger partial charge in [-0.3, -0.25) is 9.59 Å². The molecule has 0 saturated heterocycles. The average Bonchev–Trinajstić information content (AvgIpc) is 2.86. The molecule has 4 aliphatic rings. The Bertz CT molecular complexity index is 757. The van der Waals surface area contributed by atoms with Crippen LogP contribution in [0.25, 0.3) is 0 Å². The van der Waals surface area contributed by atoms with Gasteiger partial charge >= 0.3 is 5.97 Å². The molecule has 0 radical (unpaired) electrons. The molecule has 4 aliphatic carbocycles. The van der Waals surface area contributed by atoms with Crippen LogP contribution in [0.3, 0.4) is 0 Å². The predicted octanol–water partition coefficient (Wildman–Crippen LogP) is 5.09. The van der Waals surface area contributed by atoms with E-state index >= 15 is 0 Å². The number of carbonyl (C=O) groups is 2. The van der Waals surface area contributed by atoms with Crippen molar-refractivity contribution in [3.8, 4) is 0 Å². The molecule has 0 aromatic heterocycles. The monoisotopic (exact) mass is 354 g/mol. The van der Waals surface area contributed by atoms with E-state index in [4.69, 9.17) is 0 Å². The van der Waals surface area contributed by atoms with E-state index in [-0.39, 0.29) is 28.4 Å². The van der Waals surface area contributed by atoms with Crippen LogP contribution in [-0.4, -0.2) is 16.9 Å². The molecule has 26 heavy (non-hydrogen) atoms. The van der Waals surface area contributed by atoms with Crippen LogP contribution < -0.4 is 0 Å². The molecule has 4 rings (SSSR count). The highest BCUT2D eigenvalue weighted by Gasteiger charge is 2.59. The molecule has 0 bridgehead atoms. The van der Waals surface area contributed by atoms with E-state index < -0.39 is 5.97 Å². The Morgan fingerprint density at radius 3 is 2.77 bits per heavy atom. The van der Waals surface area contributed by atoms with Crippen LogP contribution in [0.15, 0.2) is 35.5 Å². The van der Waals surface area contributed by atoms with Crippen molar-refractivity contribution in [3.05, 3.63) is 35.5 Å². The fraction of sp³-hybridized carbons (Fsp3) is 0.652. The number of hydrogen-bond donors (Lipinski definition) is 1. The first-order valence-corrected chi connectivity index (χ1v) is 10.1. The summed E-state index contributed by atoms with van der Waals surface area (Å²) in [4.78, 5) is 23.0. The van der Waals surface area contributed by atoms with E-state index in [1.54, 1.807) is 0 Å². The Morgan fingerprint density at radius 2 is 2.04 bits per heavy atom. The van der Waals surface area contributed by atoms with Gasteiger partial charge in [0.25, 0.3) is 0 Å².